The number of hydrogen-bond acceptors (Lipinski definition) is 3. The van der Waals surface area contributed by atoms with Gasteiger partial charge < -0.3 is 9.47 Å². The molecule has 1 saturated carbocycles. The number of ether oxygens (including phenoxy) is 2. The summed E-state index contributed by atoms with van der Waals surface area (Å²) >= 11 is 0. The highest BCUT2D eigenvalue weighted by atomic mass is 16.5. The number of carbonyl (C=O) groups is 1. The van der Waals surface area contributed by atoms with Gasteiger partial charge in [0.15, 0.2) is 0 Å². The third-order valence-electron chi connectivity index (χ3n) is 2.51. The molecule has 1 aliphatic carbocycles. The number of rotatable bonds is 4. The summed E-state index contributed by atoms with van der Waals surface area (Å²) < 4.78 is 9.92. The molecule has 14 heavy (non-hydrogen) atoms. The second-order valence-electron chi connectivity index (χ2n) is 3.39. The zero-order chi connectivity index (χ0) is 9.97. The lowest BCUT2D eigenvalue weighted by molar-refractivity contribution is -0.129. The van der Waals surface area contributed by atoms with Gasteiger partial charge in [0, 0.05) is 5.92 Å². The van der Waals surface area contributed by atoms with E-state index < -0.39 is 0 Å². The van der Waals surface area contributed by atoms with Gasteiger partial charge in [-0.1, -0.05) is 12.1 Å². The molecule has 74 valence electrons. The summed E-state index contributed by atoms with van der Waals surface area (Å²) in [5.74, 6) is 1.23. The van der Waals surface area contributed by atoms with Crippen LogP contribution in [0.1, 0.15) is 17.9 Å². The fourth-order valence-corrected chi connectivity index (χ4v) is 1.60. The number of methoxy groups -OCH3 is 1. The maximum atomic E-state index is 10.1. The van der Waals surface area contributed by atoms with E-state index in [4.69, 9.17) is 9.47 Å². The van der Waals surface area contributed by atoms with E-state index >= 15 is 0 Å². The maximum Gasteiger partial charge on any atom is 0.293 e. The van der Waals surface area contributed by atoms with Crippen molar-refractivity contribution >= 4 is 6.47 Å². The molecule has 0 aromatic heterocycles. The van der Waals surface area contributed by atoms with Crippen molar-refractivity contribution in [2.45, 2.75) is 18.4 Å². The molecule has 2 rings (SSSR count). The average Bonchev–Trinajstić information content (AvgIpc) is 2.98. The Hall–Kier alpha value is -1.51. The lowest BCUT2D eigenvalue weighted by Crippen LogP contribution is -1.93. The summed E-state index contributed by atoms with van der Waals surface area (Å²) in [6.45, 7) is 0.522. The molecule has 0 spiro atoms. The third kappa shape index (κ3) is 1.71. The molecule has 1 aliphatic rings. The molecule has 2 unspecified atom stereocenters. The van der Waals surface area contributed by atoms with Crippen molar-refractivity contribution in [3.8, 4) is 5.75 Å². The second kappa shape index (κ2) is 3.70. The Morgan fingerprint density at radius 3 is 2.64 bits per heavy atom. The molecule has 3 heteroatoms. The van der Waals surface area contributed by atoms with Gasteiger partial charge in [-0.3, -0.25) is 4.79 Å². The van der Waals surface area contributed by atoms with Gasteiger partial charge in [-0.25, -0.2) is 0 Å². The Bertz CT molecular complexity index is 318. The largest absolute Gasteiger partial charge is 0.497 e. The molecule has 0 N–H and O–H groups in total. The van der Waals surface area contributed by atoms with Crippen LogP contribution in [0.5, 0.6) is 5.75 Å². The molecule has 0 amide bonds. The minimum absolute atomic E-state index is 0.0842. The summed E-state index contributed by atoms with van der Waals surface area (Å²) in [4.78, 5) is 10.1. The number of hydrogen-bond donors (Lipinski definition) is 0. The van der Waals surface area contributed by atoms with Crippen LogP contribution in [0.25, 0.3) is 0 Å². The second-order valence-corrected chi connectivity index (χ2v) is 3.39. The third-order valence-corrected chi connectivity index (χ3v) is 2.51. The first-order valence-corrected chi connectivity index (χ1v) is 4.58. The van der Waals surface area contributed by atoms with Gasteiger partial charge in [-0.05, 0) is 24.1 Å². The van der Waals surface area contributed by atoms with E-state index in [-0.39, 0.29) is 6.10 Å². The highest BCUT2D eigenvalue weighted by Crippen LogP contribution is 2.43. The predicted molar refractivity (Wildman–Crippen MR) is 51.3 cm³/mol. The topological polar surface area (TPSA) is 35.5 Å². The fourth-order valence-electron chi connectivity index (χ4n) is 1.60. The summed E-state index contributed by atoms with van der Waals surface area (Å²) in [6.07, 6.45) is 1.02. The Kier molecular flexibility index (Phi) is 2.39. The van der Waals surface area contributed by atoms with Crippen LogP contribution >= 0.6 is 0 Å². The zero-order valence-electron chi connectivity index (χ0n) is 7.97. The van der Waals surface area contributed by atoms with Gasteiger partial charge >= 0.3 is 0 Å². The Labute approximate surface area is 82.6 Å². The molecule has 3 nitrogen and oxygen atoms in total. The lowest BCUT2D eigenvalue weighted by atomic mass is 10.1. The molecular weight excluding hydrogens is 180 g/mol. The number of carbonyl (C=O) groups excluding carboxylic acids is 1. The smallest absolute Gasteiger partial charge is 0.293 e. The first kappa shape index (κ1) is 9.06. The van der Waals surface area contributed by atoms with Crippen molar-refractivity contribution in [1.29, 1.82) is 0 Å². The summed E-state index contributed by atoms with van der Waals surface area (Å²) in [5, 5.41) is 0. The van der Waals surface area contributed by atoms with Crippen molar-refractivity contribution in [2.24, 2.45) is 0 Å². The lowest BCUT2D eigenvalue weighted by Gasteiger charge is -2.01. The predicted octanol–water partition coefficient (Wildman–Crippen LogP) is 1.72. The van der Waals surface area contributed by atoms with Crippen LogP contribution in [0.4, 0.5) is 0 Å². The van der Waals surface area contributed by atoms with Crippen molar-refractivity contribution in [2.75, 3.05) is 7.11 Å². The summed E-state index contributed by atoms with van der Waals surface area (Å²) in [7, 11) is 1.64. The van der Waals surface area contributed by atoms with E-state index in [1.165, 1.54) is 5.56 Å². The molecule has 0 bridgehead atoms. The van der Waals surface area contributed by atoms with E-state index in [0.29, 0.717) is 12.4 Å². The number of benzene rings is 1. The molecule has 0 heterocycles. The van der Waals surface area contributed by atoms with E-state index in [9.17, 15) is 4.79 Å². The van der Waals surface area contributed by atoms with Gasteiger partial charge in [0.2, 0.25) is 0 Å². The van der Waals surface area contributed by atoms with Crippen LogP contribution < -0.4 is 4.74 Å². The van der Waals surface area contributed by atoms with E-state index in [1.54, 1.807) is 7.11 Å². The van der Waals surface area contributed by atoms with Crippen LogP contribution in [-0.4, -0.2) is 19.7 Å². The van der Waals surface area contributed by atoms with E-state index in [1.807, 2.05) is 24.3 Å². The molecule has 0 saturated heterocycles. The van der Waals surface area contributed by atoms with Crippen molar-refractivity contribution in [3.05, 3.63) is 29.8 Å². The summed E-state index contributed by atoms with van der Waals surface area (Å²) in [6, 6.07) is 7.87. The van der Waals surface area contributed by atoms with Gasteiger partial charge in [0.1, 0.15) is 11.9 Å². The molecule has 1 aromatic carbocycles. The summed E-state index contributed by atoms with van der Waals surface area (Å²) in [5.41, 5.74) is 1.21. The zero-order valence-corrected chi connectivity index (χ0v) is 7.97. The molecular formula is C11H12O3. The molecule has 1 fully saturated rings. The van der Waals surface area contributed by atoms with Crippen LogP contribution in [-0.2, 0) is 9.53 Å². The SMILES string of the molecule is COc1ccc(C2CC2OC=O)cc1. The highest BCUT2D eigenvalue weighted by molar-refractivity contribution is 5.40. The maximum absolute atomic E-state index is 10.1. The van der Waals surface area contributed by atoms with E-state index in [0.717, 1.165) is 12.2 Å². The minimum Gasteiger partial charge on any atom is -0.497 e. The first-order chi connectivity index (χ1) is 6.85. The van der Waals surface area contributed by atoms with Gasteiger partial charge in [-0.15, -0.1) is 0 Å². The van der Waals surface area contributed by atoms with Gasteiger partial charge in [-0.2, -0.15) is 0 Å². The normalized spacial score (nSPS) is 24.1. The monoisotopic (exact) mass is 192 g/mol. The Morgan fingerprint density at radius 2 is 2.07 bits per heavy atom. The van der Waals surface area contributed by atoms with Crippen molar-refractivity contribution in [3.63, 3.8) is 0 Å². The van der Waals surface area contributed by atoms with Crippen molar-refractivity contribution in [1.82, 2.24) is 0 Å². The standard InChI is InChI=1S/C11H12O3/c1-13-9-4-2-8(3-5-9)10-6-11(10)14-7-12/h2-5,7,10-11H,6H2,1H3. The molecule has 2 atom stereocenters. The van der Waals surface area contributed by atoms with Gasteiger partial charge in [0.25, 0.3) is 6.47 Å². The Balaban J connectivity index is 2.01. The highest BCUT2D eigenvalue weighted by Gasteiger charge is 2.40. The molecule has 0 radical (unpaired) electrons. The van der Waals surface area contributed by atoms with Crippen LogP contribution in [0, 0.1) is 0 Å². The van der Waals surface area contributed by atoms with Crippen LogP contribution in [0.15, 0.2) is 24.3 Å². The fraction of sp³-hybridized carbons (Fsp3) is 0.364. The molecule has 0 aliphatic heterocycles. The van der Waals surface area contributed by atoms with E-state index in [2.05, 4.69) is 0 Å². The first-order valence-electron chi connectivity index (χ1n) is 4.58. The average molecular weight is 192 g/mol. The van der Waals surface area contributed by atoms with Gasteiger partial charge in [0.05, 0.1) is 7.11 Å². The van der Waals surface area contributed by atoms with Crippen LogP contribution in [0.3, 0.4) is 0 Å². The Morgan fingerprint density at radius 1 is 1.36 bits per heavy atom. The van der Waals surface area contributed by atoms with Crippen molar-refractivity contribution < 1.29 is 14.3 Å². The van der Waals surface area contributed by atoms with Crippen LogP contribution in [0.2, 0.25) is 0 Å². The quantitative estimate of drug-likeness (QED) is 0.681. The minimum atomic E-state index is 0.0842. The molecule has 1 aromatic rings.